The van der Waals surface area contributed by atoms with E-state index in [1.54, 1.807) is 6.07 Å². The van der Waals surface area contributed by atoms with Gasteiger partial charge in [-0.05, 0) is 42.8 Å². The van der Waals surface area contributed by atoms with Crippen LogP contribution in [0.5, 0.6) is 0 Å². The number of hydrogen-bond donors (Lipinski definition) is 1. The second-order valence-corrected chi connectivity index (χ2v) is 4.98. The first-order valence-corrected chi connectivity index (χ1v) is 6.39. The Bertz CT molecular complexity index is 602. The van der Waals surface area contributed by atoms with Gasteiger partial charge in [0.25, 0.3) is 0 Å². The lowest BCUT2D eigenvalue weighted by molar-refractivity contribution is 0.623. The third-order valence-corrected chi connectivity index (χ3v) is 3.38. The van der Waals surface area contributed by atoms with Gasteiger partial charge in [-0.2, -0.15) is 0 Å². The molecule has 0 aromatic heterocycles. The Labute approximate surface area is 120 Å². The van der Waals surface area contributed by atoms with Crippen molar-refractivity contribution in [1.82, 2.24) is 0 Å². The van der Waals surface area contributed by atoms with Crippen molar-refractivity contribution in [3.63, 3.8) is 0 Å². The van der Waals surface area contributed by atoms with E-state index in [1.807, 2.05) is 6.92 Å². The van der Waals surface area contributed by atoms with E-state index in [2.05, 4.69) is 5.32 Å². The molecule has 0 amide bonds. The summed E-state index contributed by atoms with van der Waals surface area (Å²) in [6.07, 6.45) is 0. The smallest absolute Gasteiger partial charge is 0.142 e. The zero-order valence-corrected chi connectivity index (χ0v) is 11.6. The highest BCUT2D eigenvalue weighted by Gasteiger charge is 2.10. The summed E-state index contributed by atoms with van der Waals surface area (Å²) >= 11 is 11.6. The molecule has 0 fully saturated rings. The van der Waals surface area contributed by atoms with Gasteiger partial charge >= 0.3 is 0 Å². The van der Waals surface area contributed by atoms with Gasteiger partial charge in [0.05, 0.1) is 15.7 Å². The second-order valence-electron chi connectivity index (χ2n) is 4.16. The van der Waals surface area contributed by atoms with Crippen LogP contribution < -0.4 is 5.32 Å². The molecule has 0 aliphatic rings. The van der Waals surface area contributed by atoms with Crippen LogP contribution in [-0.2, 0) is 0 Å². The number of nitrogens with one attached hydrogen (secondary N) is 1. The quantitative estimate of drug-likeness (QED) is 0.795. The Hall–Kier alpha value is -1.32. The fourth-order valence-corrected chi connectivity index (χ4v) is 2.00. The van der Waals surface area contributed by atoms with Crippen molar-refractivity contribution >= 4 is 28.9 Å². The molecule has 0 aliphatic heterocycles. The summed E-state index contributed by atoms with van der Waals surface area (Å²) in [4.78, 5) is 0. The van der Waals surface area contributed by atoms with Crippen molar-refractivity contribution in [3.8, 4) is 0 Å². The van der Waals surface area contributed by atoms with Gasteiger partial charge in [0, 0.05) is 6.04 Å². The molecular weight excluding hydrogens is 291 g/mol. The van der Waals surface area contributed by atoms with Crippen LogP contribution >= 0.6 is 23.2 Å². The minimum atomic E-state index is -0.488. The zero-order valence-electron chi connectivity index (χ0n) is 10.1. The van der Waals surface area contributed by atoms with Crippen molar-refractivity contribution in [2.24, 2.45) is 0 Å². The lowest BCUT2D eigenvalue weighted by Gasteiger charge is -2.17. The van der Waals surface area contributed by atoms with Gasteiger partial charge in [-0.3, -0.25) is 0 Å². The molecule has 0 aliphatic carbocycles. The standard InChI is InChI=1S/C14H11Cl2F2N/c1-8(9-2-4-11(15)13(18)6-9)19-14-7-10(17)3-5-12(14)16/h2-8,19H,1H3. The number of halogens is 4. The van der Waals surface area contributed by atoms with E-state index in [9.17, 15) is 8.78 Å². The topological polar surface area (TPSA) is 12.0 Å². The van der Waals surface area contributed by atoms with Gasteiger partial charge in [-0.25, -0.2) is 8.78 Å². The molecule has 19 heavy (non-hydrogen) atoms. The largest absolute Gasteiger partial charge is 0.377 e. The fourth-order valence-electron chi connectivity index (χ4n) is 1.71. The summed E-state index contributed by atoms with van der Waals surface area (Å²) in [7, 11) is 0. The van der Waals surface area contributed by atoms with Crippen molar-refractivity contribution in [2.75, 3.05) is 5.32 Å². The highest BCUT2D eigenvalue weighted by molar-refractivity contribution is 6.33. The summed E-state index contributed by atoms with van der Waals surface area (Å²) < 4.78 is 26.5. The second kappa shape index (κ2) is 5.76. The van der Waals surface area contributed by atoms with E-state index in [1.165, 1.54) is 30.3 Å². The van der Waals surface area contributed by atoms with Gasteiger partial charge < -0.3 is 5.32 Å². The molecule has 100 valence electrons. The monoisotopic (exact) mass is 301 g/mol. The number of rotatable bonds is 3. The lowest BCUT2D eigenvalue weighted by Crippen LogP contribution is -2.07. The molecule has 0 bridgehead atoms. The van der Waals surface area contributed by atoms with Crippen LogP contribution in [0.15, 0.2) is 36.4 Å². The molecule has 2 rings (SSSR count). The summed E-state index contributed by atoms with van der Waals surface area (Å²) in [5, 5.41) is 3.51. The Balaban J connectivity index is 2.22. The van der Waals surface area contributed by atoms with E-state index in [0.717, 1.165) is 0 Å². The molecule has 1 atom stereocenters. The first-order chi connectivity index (χ1) is 8.97. The van der Waals surface area contributed by atoms with Crippen LogP contribution in [0, 0.1) is 11.6 Å². The average molecular weight is 302 g/mol. The van der Waals surface area contributed by atoms with Crippen molar-refractivity contribution in [2.45, 2.75) is 13.0 Å². The van der Waals surface area contributed by atoms with Crippen molar-refractivity contribution in [3.05, 3.63) is 63.6 Å². The van der Waals surface area contributed by atoms with Gasteiger partial charge in [-0.1, -0.05) is 29.3 Å². The SMILES string of the molecule is CC(Nc1cc(F)ccc1Cl)c1ccc(Cl)c(F)c1. The number of hydrogen-bond acceptors (Lipinski definition) is 1. The van der Waals surface area contributed by atoms with Gasteiger partial charge in [0.1, 0.15) is 11.6 Å². The maximum absolute atomic E-state index is 13.4. The molecule has 0 spiro atoms. The van der Waals surface area contributed by atoms with E-state index in [4.69, 9.17) is 23.2 Å². The maximum atomic E-state index is 13.4. The zero-order chi connectivity index (χ0) is 14.0. The molecule has 1 N–H and O–H groups in total. The number of anilines is 1. The minimum Gasteiger partial charge on any atom is -0.377 e. The molecule has 1 nitrogen and oxygen atoms in total. The maximum Gasteiger partial charge on any atom is 0.142 e. The third kappa shape index (κ3) is 3.37. The van der Waals surface area contributed by atoms with E-state index < -0.39 is 5.82 Å². The van der Waals surface area contributed by atoms with E-state index in [0.29, 0.717) is 16.3 Å². The Morgan fingerprint density at radius 1 is 1.00 bits per heavy atom. The molecule has 2 aromatic carbocycles. The van der Waals surface area contributed by atoms with Gasteiger partial charge in [-0.15, -0.1) is 0 Å². The van der Waals surface area contributed by atoms with Crippen LogP contribution in [0.2, 0.25) is 10.0 Å². The molecule has 0 radical (unpaired) electrons. The molecule has 0 heterocycles. The molecule has 1 unspecified atom stereocenters. The molecule has 0 saturated heterocycles. The predicted molar refractivity (Wildman–Crippen MR) is 74.9 cm³/mol. The van der Waals surface area contributed by atoms with E-state index in [-0.39, 0.29) is 16.9 Å². The average Bonchev–Trinajstić information content (AvgIpc) is 2.37. The van der Waals surface area contributed by atoms with Gasteiger partial charge in [0.2, 0.25) is 0 Å². The Kier molecular flexibility index (Phi) is 4.27. The highest BCUT2D eigenvalue weighted by Crippen LogP contribution is 2.28. The van der Waals surface area contributed by atoms with Crippen molar-refractivity contribution < 1.29 is 8.78 Å². The van der Waals surface area contributed by atoms with Crippen molar-refractivity contribution in [1.29, 1.82) is 0 Å². The van der Waals surface area contributed by atoms with Crippen LogP contribution in [0.4, 0.5) is 14.5 Å². The Morgan fingerprint density at radius 2 is 1.68 bits per heavy atom. The molecular formula is C14H11Cl2F2N. The Morgan fingerprint density at radius 3 is 2.37 bits per heavy atom. The van der Waals surface area contributed by atoms with Crippen LogP contribution in [0.25, 0.3) is 0 Å². The third-order valence-electron chi connectivity index (χ3n) is 2.74. The number of benzene rings is 2. The summed E-state index contributed by atoms with van der Waals surface area (Å²) in [5.74, 6) is -0.875. The van der Waals surface area contributed by atoms with Crippen LogP contribution in [0.3, 0.4) is 0 Å². The van der Waals surface area contributed by atoms with Crippen LogP contribution in [-0.4, -0.2) is 0 Å². The van der Waals surface area contributed by atoms with Gasteiger partial charge in [0.15, 0.2) is 0 Å². The molecule has 2 aromatic rings. The van der Waals surface area contributed by atoms with E-state index >= 15 is 0 Å². The summed E-state index contributed by atoms with van der Waals surface area (Å²) in [5.41, 5.74) is 1.16. The predicted octanol–water partition coefficient (Wildman–Crippen LogP) is 5.44. The minimum absolute atomic E-state index is 0.0692. The first kappa shape index (κ1) is 14.1. The normalized spacial score (nSPS) is 12.3. The first-order valence-electron chi connectivity index (χ1n) is 5.64. The summed E-state index contributed by atoms with van der Waals surface area (Å²) in [6.45, 7) is 1.82. The fraction of sp³-hybridized carbons (Fsp3) is 0.143. The molecule has 5 heteroatoms. The molecule has 0 saturated carbocycles. The van der Waals surface area contributed by atoms with Crippen LogP contribution in [0.1, 0.15) is 18.5 Å². The highest BCUT2D eigenvalue weighted by atomic mass is 35.5. The lowest BCUT2D eigenvalue weighted by atomic mass is 10.1. The summed E-state index contributed by atoms with van der Waals surface area (Å²) in [6, 6.07) is 8.34.